The minimum Gasteiger partial charge on any atom is -0.425 e. The molecule has 13 heavy (non-hydrogen) atoms. The van der Waals surface area contributed by atoms with Crippen LogP contribution in [0.5, 0.6) is 0 Å². The lowest BCUT2D eigenvalue weighted by Gasteiger charge is -2.02. The quantitative estimate of drug-likeness (QED) is 0.552. The van der Waals surface area contributed by atoms with Crippen LogP contribution in [0.4, 0.5) is 0 Å². The van der Waals surface area contributed by atoms with Crippen molar-refractivity contribution in [2.45, 2.75) is 20.8 Å². The normalized spacial score (nSPS) is 11.8. The molecule has 1 heterocycles. The number of rotatable bonds is 0. The molecule has 0 bridgehead atoms. The summed E-state index contributed by atoms with van der Waals surface area (Å²) < 4.78 is 0.740. The van der Waals surface area contributed by atoms with Crippen LogP contribution in [0, 0.1) is 13.8 Å². The van der Waals surface area contributed by atoms with Crippen molar-refractivity contribution in [1.29, 1.82) is 0 Å². The minimum absolute atomic E-state index is 0.101. The van der Waals surface area contributed by atoms with Gasteiger partial charge < -0.3 is 5.21 Å². The van der Waals surface area contributed by atoms with Gasteiger partial charge in [-0.1, -0.05) is 0 Å². The minimum atomic E-state index is -0.430. The van der Waals surface area contributed by atoms with Gasteiger partial charge in [-0.3, -0.25) is 4.79 Å². The van der Waals surface area contributed by atoms with Gasteiger partial charge in [-0.2, -0.15) is 14.8 Å². The zero-order valence-corrected chi connectivity index (χ0v) is 7.64. The topological polar surface area (TPSA) is 80.4 Å². The van der Waals surface area contributed by atoms with Gasteiger partial charge in [-0.05, 0) is 13.8 Å². The number of amides is 1. The first-order valence-corrected chi connectivity index (χ1v) is 3.70. The Kier molecular flexibility index (Phi) is 2.41. The molecule has 1 aromatic heterocycles. The Morgan fingerprint density at radius 1 is 1.46 bits per heavy atom. The molecule has 0 aliphatic rings. The van der Waals surface area contributed by atoms with Crippen LogP contribution >= 0.6 is 0 Å². The average Bonchev–Trinajstić information content (AvgIpc) is 2.06. The maximum Gasteiger partial charge on any atom is 0.285 e. The van der Waals surface area contributed by atoms with Gasteiger partial charge in [0.25, 0.3) is 5.62 Å². The second-order valence-electron chi connectivity index (χ2n) is 2.61. The summed E-state index contributed by atoms with van der Waals surface area (Å²) in [6.07, 6.45) is 0. The fraction of sp³-hybridized carbons (Fsp3) is 0.429. The van der Waals surface area contributed by atoms with Gasteiger partial charge in [0.05, 0.1) is 11.4 Å². The molecule has 6 nitrogen and oxygen atoms in total. The van der Waals surface area contributed by atoms with Gasteiger partial charge in [-0.25, -0.2) is 0 Å². The predicted octanol–water partition coefficient (Wildman–Crippen LogP) is -0.421. The third kappa shape index (κ3) is 1.90. The molecular formula is C7H10N4O2. The summed E-state index contributed by atoms with van der Waals surface area (Å²) in [5, 5.41) is 16.7. The van der Waals surface area contributed by atoms with Crippen LogP contribution in [-0.4, -0.2) is 26.0 Å². The monoisotopic (exact) mass is 182 g/mol. The van der Waals surface area contributed by atoms with Crippen molar-refractivity contribution >= 4 is 5.91 Å². The first-order chi connectivity index (χ1) is 6.02. The molecule has 0 spiro atoms. The molecule has 0 atom stereocenters. The maximum absolute atomic E-state index is 10.6. The van der Waals surface area contributed by atoms with Crippen LogP contribution in [0.2, 0.25) is 0 Å². The van der Waals surface area contributed by atoms with Gasteiger partial charge in [0.2, 0.25) is 5.91 Å². The smallest absolute Gasteiger partial charge is 0.285 e. The standard InChI is InChI=1S/C7H10N4O2/c1-4-5(2)11(13)7(10-9-4)8-6(3)12/h13H,1-3H3. The van der Waals surface area contributed by atoms with Crippen molar-refractivity contribution < 1.29 is 10.0 Å². The third-order valence-electron chi connectivity index (χ3n) is 1.58. The van der Waals surface area contributed by atoms with Crippen molar-refractivity contribution in [3.63, 3.8) is 0 Å². The number of carbonyl (C=O) groups excluding carboxylic acids is 1. The number of aromatic nitrogens is 3. The predicted molar refractivity (Wildman–Crippen MR) is 42.9 cm³/mol. The van der Waals surface area contributed by atoms with Gasteiger partial charge in [0.1, 0.15) is 0 Å². The summed E-state index contributed by atoms with van der Waals surface area (Å²) in [6, 6.07) is 0. The summed E-state index contributed by atoms with van der Waals surface area (Å²) >= 11 is 0. The largest absolute Gasteiger partial charge is 0.425 e. The number of nitrogens with zero attached hydrogens (tertiary/aromatic N) is 4. The first-order valence-electron chi connectivity index (χ1n) is 3.70. The highest BCUT2D eigenvalue weighted by molar-refractivity contribution is 5.73. The zero-order chi connectivity index (χ0) is 10.0. The molecule has 0 aliphatic carbocycles. The van der Waals surface area contributed by atoms with E-state index >= 15 is 0 Å². The van der Waals surface area contributed by atoms with Crippen LogP contribution < -0.4 is 5.62 Å². The highest BCUT2D eigenvalue weighted by atomic mass is 16.5. The van der Waals surface area contributed by atoms with Gasteiger partial charge >= 0.3 is 0 Å². The molecule has 0 saturated carbocycles. The lowest BCUT2D eigenvalue weighted by molar-refractivity contribution is -0.116. The van der Waals surface area contributed by atoms with E-state index in [1.165, 1.54) is 6.92 Å². The molecular weight excluding hydrogens is 172 g/mol. The van der Waals surface area contributed by atoms with E-state index in [4.69, 9.17) is 0 Å². The molecule has 1 aromatic rings. The van der Waals surface area contributed by atoms with E-state index < -0.39 is 5.91 Å². The van der Waals surface area contributed by atoms with Crippen LogP contribution in [0.3, 0.4) is 0 Å². The van der Waals surface area contributed by atoms with E-state index in [9.17, 15) is 10.0 Å². The molecule has 0 aliphatic heterocycles. The molecule has 0 aromatic carbocycles. The Morgan fingerprint density at radius 2 is 2.08 bits per heavy atom. The Labute approximate surface area is 74.5 Å². The lowest BCUT2D eigenvalue weighted by atomic mass is 10.4. The molecule has 1 amide bonds. The summed E-state index contributed by atoms with van der Waals surface area (Å²) in [5.74, 6) is -0.430. The molecule has 70 valence electrons. The SMILES string of the molecule is CC(=O)N=c1nnc(C)c(C)n1O. The van der Waals surface area contributed by atoms with E-state index in [1.807, 2.05) is 0 Å². The molecule has 1 rings (SSSR count). The van der Waals surface area contributed by atoms with Crippen LogP contribution in [0.15, 0.2) is 4.99 Å². The van der Waals surface area contributed by atoms with Crippen molar-refractivity contribution in [3.8, 4) is 0 Å². The van der Waals surface area contributed by atoms with E-state index in [-0.39, 0.29) is 5.62 Å². The molecule has 0 radical (unpaired) electrons. The molecule has 0 unspecified atom stereocenters. The Hall–Kier alpha value is -1.72. The highest BCUT2D eigenvalue weighted by Gasteiger charge is 2.02. The Morgan fingerprint density at radius 3 is 2.62 bits per heavy atom. The highest BCUT2D eigenvalue weighted by Crippen LogP contribution is 1.94. The number of hydrogen-bond donors (Lipinski definition) is 1. The van der Waals surface area contributed by atoms with Crippen LogP contribution in [0.1, 0.15) is 18.3 Å². The number of aryl methyl sites for hydroxylation is 1. The summed E-state index contributed by atoms with van der Waals surface area (Å²) in [4.78, 5) is 14.1. The van der Waals surface area contributed by atoms with Crippen LogP contribution in [0.25, 0.3) is 0 Å². The van der Waals surface area contributed by atoms with E-state index in [0.29, 0.717) is 11.4 Å². The van der Waals surface area contributed by atoms with Gasteiger partial charge in [0, 0.05) is 6.92 Å². The zero-order valence-electron chi connectivity index (χ0n) is 7.64. The number of carbonyl (C=O) groups is 1. The van der Waals surface area contributed by atoms with Crippen LogP contribution in [-0.2, 0) is 4.79 Å². The fourth-order valence-corrected chi connectivity index (χ4v) is 0.748. The van der Waals surface area contributed by atoms with Gasteiger partial charge in [0.15, 0.2) is 0 Å². The molecule has 0 fully saturated rings. The van der Waals surface area contributed by atoms with Gasteiger partial charge in [-0.15, -0.1) is 5.10 Å². The molecule has 1 N–H and O–H groups in total. The lowest BCUT2D eigenvalue weighted by Crippen LogP contribution is -2.27. The fourth-order valence-electron chi connectivity index (χ4n) is 0.748. The summed E-state index contributed by atoms with van der Waals surface area (Å²) in [7, 11) is 0. The number of hydrogen-bond acceptors (Lipinski definition) is 4. The Balaban J connectivity index is 3.43. The second kappa shape index (κ2) is 3.34. The maximum atomic E-state index is 10.6. The third-order valence-corrected chi connectivity index (χ3v) is 1.58. The summed E-state index contributed by atoms with van der Waals surface area (Å²) in [6.45, 7) is 4.63. The van der Waals surface area contributed by atoms with E-state index in [2.05, 4.69) is 15.2 Å². The van der Waals surface area contributed by atoms with Crippen molar-refractivity contribution in [1.82, 2.24) is 14.9 Å². The Bertz CT molecular complexity index is 407. The summed E-state index contributed by atoms with van der Waals surface area (Å²) in [5.41, 5.74) is 0.996. The molecule has 0 saturated heterocycles. The van der Waals surface area contributed by atoms with Crippen molar-refractivity contribution in [2.75, 3.05) is 0 Å². The average molecular weight is 182 g/mol. The van der Waals surface area contributed by atoms with Crippen molar-refractivity contribution in [2.24, 2.45) is 4.99 Å². The first kappa shape index (κ1) is 9.37. The second-order valence-corrected chi connectivity index (χ2v) is 2.61. The van der Waals surface area contributed by atoms with E-state index in [1.54, 1.807) is 13.8 Å². The van der Waals surface area contributed by atoms with E-state index in [0.717, 1.165) is 4.73 Å². The van der Waals surface area contributed by atoms with Crippen molar-refractivity contribution in [3.05, 3.63) is 17.0 Å². The molecule has 6 heteroatoms.